The summed E-state index contributed by atoms with van der Waals surface area (Å²) in [6.07, 6.45) is 3.97. The van der Waals surface area contributed by atoms with Crippen LogP contribution in [0.4, 0.5) is 0 Å². The Morgan fingerprint density at radius 1 is 1.05 bits per heavy atom. The molecule has 1 unspecified atom stereocenters. The topological polar surface area (TPSA) is 18.5 Å². The minimum absolute atomic E-state index is 0.404. The number of nitrogens with one attached hydrogen (secondary N) is 1. The monoisotopic (exact) mass is 287 g/mol. The average Bonchev–Trinajstić information content (AvgIpc) is 2.99. The number of piperazine rings is 1. The van der Waals surface area contributed by atoms with Crippen LogP contribution in [0.3, 0.4) is 0 Å². The predicted octanol–water partition coefficient (Wildman–Crippen LogP) is 2.34. The van der Waals surface area contributed by atoms with Crippen molar-refractivity contribution in [3.8, 4) is 0 Å². The molecule has 1 aromatic carbocycles. The Balaban J connectivity index is 1.47. The lowest BCUT2D eigenvalue weighted by Crippen LogP contribution is -2.54. The van der Waals surface area contributed by atoms with E-state index < -0.39 is 0 Å². The van der Waals surface area contributed by atoms with E-state index in [0.29, 0.717) is 5.54 Å². The highest BCUT2D eigenvalue weighted by Crippen LogP contribution is 2.24. The lowest BCUT2D eigenvalue weighted by atomic mass is 9.93. The van der Waals surface area contributed by atoms with Crippen molar-refractivity contribution in [3.05, 3.63) is 35.9 Å². The van der Waals surface area contributed by atoms with Crippen LogP contribution in [-0.2, 0) is 6.54 Å². The highest BCUT2D eigenvalue weighted by molar-refractivity contribution is 5.14. The molecule has 2 aliphatic rings. The van der Waals surface area contributed by atoms with Crippen LogP contribution in [0, 0.1) is 0 Å². The molecule has 116 valence electrons. The van der Waals surface area contributed by atoms with Crippen LogP contribution in [0.1, 0.15) is 31.7 Å². The Morgan fingerprint density at radius 2 is 1.76 bits per heavy atom. The van der Waals surface area contributed by atoms with E-state index in [0.717, 1.165) is 6.54 Å². The SMILES string of the molecule is CCC1(CN2CCN(Cc3ccccc3)CC2)CCCN1. The second-order valence-corrected chi connectivity index (χ2v) is 6.70. The zero-order valence-corrected chi connectivity index (χ0v) is 13.4. The Labute approximate surface area is 129 Å². The largest absolute Gasteiger partial charge is 0.310 e. The van der Waals surface area contributed by atoms with E-state index in [2.05, 4.69) is 52.4 Å². The van der Waals surface area contributed by atoms with Crippen molar-refractivity contribution in [2.24, 2.45) is 0 Å². The Hall–Kier alpha value is -0.900. The van der Waals surface area contributed by atoms with E-state index in [9.17, 15) is 0 Å². The van der Waals surface area contributed by atoms with Crippen LogP contribution in [0.2, 0.25) is 0 Å². The van der Waals surface area contributed by atoms with Gasteiger partial charge in [-0.25, -0.2) is 0 Å². The summed E-state index contributed by atoms with van der Waals surface area (Å²) in [5.41, 5.74) is 1.84. The molecule has 0 aromatic heterocycles. The van der Waals surface area contributed by atoms with Crippen molar-refractivity contribution in [1.29, 1.82) is 0 Å². The van der Waals surface area contributed by atoms with Crippen LogP contribution in [0.25, 0.3) is 0 Å². The summed E-state index contributed by atoms with van der Waals surface area (Å²) < 4.78 is 0. The van der Waals surface area contributed by atoms with E-state index in [1.54, 1.807) is 0 Å². The molecule has 0 amide bonds. The molecule has 0 aliphatic carbocycles. The van der Waals surface area contributed by atoms with Crippen molar-refractivity contribution in [2.75, 3.05) is 39.3 Å². The molecule has 1 atom stereocenters. The molecule has 3 rings (SSSR count). The van der Waals surface area contributed by atoms with Gasteiger partial charge in [0.2, 0.25) is 0 Å². The molecule has 2 fully saturated rings. The molecule has 0 spiro atoms. The summed E-state index contributed by atoms with van der Waals surface area (Å²) in [6.45, 7) is 10.7. The second kappa shape index (κ2) is 6.91. The van der Waals surface area contributed by atoms with Gasteiger partial charge in [-0.2, -0.15) is 0 Å². The Kier molecular flexibility index (Phi) is 4.94. The average molecular weight is 287 g/mol. The first-order valence-corrected chi connectivity index (χ1v) is 8.53. The maximum Gasteiger partial charge on any atom is 0.0306 e. The van der Waals surface area contributed by atoms with E-state index in [1.165, 1.54) is 64.1 Å². The van der Waals surface area contributed by atoms with Crippen LogP contribution in [-0.4, -0.2) is 54.6 Å². The van der Waals surface area contributed by atoms with Crippen LogP contribution < -0.4 is 5.32 Å². The molecule has 3 heteroatoms. The van der Waals surface area contributed by atoms with Crippen molar-refractivity contribution < 1.29 is 0 Å². The highest BCUT2D eigenvalue weighted by atomic mass is 15.3. The minimum Gasteiger partial charge on any atom is -0.310 e. The normalized spacial score (nSPS) is 28.0. The summed E-state index contributed by atoms with van der Waals surface area (Å²) in [4.78, 5) is 5.26. The van der Waals surface area contributed by atoms with Crippen molar-refractivity contribution in [3.63, 3.8) is 0 Å². The first kappa shape index (κ1) is 15.0. The van der Waals surface area contributed by atoms with E-state index >= 15 is 0 Å². The van der Waals surface area contributed by atoms with Gasteiger partial charge in [-0.05, 0) is 31.4 Å². The standard InChI is InChI=1S/C18H29N3/c1-2-18(9-6-10-19-18)16-21-13-11-20(12-14-21)15-17-7-4-3-5-8-17/h3-5,7-8,19H,2,6,9-16H2,1H3. The fourth-order valence-corrected chi connectivity index (χ4v) is 3.79. The van der Waals surface area contributed by atoms with E-state index in [1.807, 2.05) is 0 Å². The Bertz CT molecular complexity index is 417. The van der Waals surface area contributed by atoms with E-state index in [4.69, 9.17) is 0 Å². The quantitative estimate of drug-likeness (QED) is 0.897. The zero-order valence-electron chi connectivity index (χ0n) is 13.4. The number of hydrogen-bond acceptors (Lipinski definition) is 3. The molecule has 21 heavy (non-hydrogen) atoms. The predicted molar refractivity (Wildman–Crippen MR) is 88.4 cm³/mol. The molecule has 1 aromatic rings. The van der Waals surface area contributed by atoms with E-state index in [-0.39, 0.29) is 0 Å². The third kappa shape index (κ3) is 3.85. The minimum atomic E-state index is 0.404. The van der Waals surface area contributed by atoms with Crippen molar-refractivity contribution in [1.82, 2.24) is 15.1 Å². The van der Waals surface area contributed by atoms with Gasteiger partial charge in [-0.1, -0.05) is 37.3 Å². The molecule has 0 saturated carbocycles. The van der Waals surface area contributed by atoms with Crippen LogP contribution in [0.5, 0.6) is 0 Å². The lowest BCUT2D eigenvalue weighted by Gasteiger charge is -2.40. The molecule has 3 nitrogen and oxygen atoms in total. The van der Waals surface area contributed by atoms with Gasteiger partial charge in [0.25, 0.3) is 0 Å². The molecule has 2 saturated heterocycles. The highest BCUT2D eigenvalue weighted by Gasteiger charge is 2.34. The number of hydrogen-bond donors (Lipinski definition) is 1. The Morgan fingerprint density at radius 3 is 2.38 bits per heavy atom. The zero-order chi connectivity index (χ0) is 14.5. The number of rotatable bonds is 5. The molecular weight excluding hydrogens is 258 g/mol. The van der Waals surface area contributed by atoms with Gasteiger partial charge in [0.1, 0.15) is 0 Å². The summed E-state index contributed by atoms with van der Waals surface area (Å²) in [6, 6.07) is 10.9. The summed E-state index contributed by atoms with van der Waals surface area (Å²) >= 11 is 0. The lowest BCUT2D eigenvalue weighted by molar-refractivity contribution is 0.0993. The number of nitrogens with zero attached hydrogens (tertiary/aromatic N) is 2. The van der Waals surface area contributed by atoms with Crippen LogP contribution in [0.15, 0.2) is 30.3 Å². The molecule has 0 bridgehead atoms. The van der Waals surface area contributed by atoms with Crippen molar-refractivity contribution in [2.45, 2.75) is 38.3 Å². The second-order valence-electron chi connectivity index (χ2n) is 6.70. The number of benzene rings is 1. The first-order chi connectivity index (χ1) is 10.3. The smallest absolute Gasteiger partial charge is 0.0306 e. The van der Waals surface area contributed by atoms with Crippen LogP contribution >= 0.6 is 0 Å². The molecule has 2 heterocycles. The maximum atomic E-state index is 3.76. The van der Waals surface area contributed by atoms with Gasteiger partial charge in [0.05, 0.1) is 0 Å². The first-order valence-electron chi connectivity index (χ1n) is 8.53. The maximum absolute atomic E-state index is 3.76. The van der Waals surface area contributed by atoms with Gasteiger partial charge < -0.3 is 5.32 Å². The molecule has 2 aliphatic heterocycles. The molecule has 0 radical (unpaired) electrons. The third-order valence-corrected chi connectivity index (χ3v) is 5.25. The van der Waals surface area contributed by atoms with Gasteiger partial charge in [-0.3, -0.25) is 9.80 Å². The molecular formula is C18H29N3. The fourth-order valence-electron chi connectivity index (χ4n) is 3.79. The van der Waals surface area contributed by atoms with Gasteiger partial charge in [0, 0.05) is 44.8 Å². The van der Waals surface area contributed by atoms with Gasteiger partial charge in [0.15, 0.2) is 0 Å². The fraction of sp³-hybridized carbons (Fsp3) is 0.667. The van der Waals surface area contributed by atoms with Crippen molar-refractivity contribution >= 4 is 0 Å². The van der Waals surface area contributed by atoms with Gasteiger partial charge >= 0.3 is 0 Å². The summed E-state index contributed by atoms with van der Waals surface area (Å²) in [5.74, 6) is 0. The van der Waals surface area contributed by atoms with Gasteiger partial charge in [-0.15, -0.1) is 0 Å². The summed E-state index contributed by atoms with van der Waals surface area (Å²) in [5, 5.41) is 3.76. The summed E-state index contributed by atoms with van der Waals surface area (Å²) in [7, 11) is 0. The molecule has 1 N–H and O–H groups in total. The third-order valence-electron chi connectivity index (χ3n) is 5.25.